The molecular weight excluding hydrogens is 262 g/mol. The number of benzene rings is 1. The quantitative estimate of drug-likeness (QED) is 0.738. The van der Waals surface area contributed by atoms with Gasteiger partial charge in [-0.3, -0.25) is 9.59 Å². The van der Waals surface area contributed by atoms with Crippen LogP contribution in [0.4, 0.5) is 5.69 Å². The lowest BCUT2D eigenvalue weighted by molar-refractivity contribution is -0.120. The van der Waals surface area contributed by atoms with Gasteiger partial charge in [0.2, 0.25) is 5.91 Å². The van der Waals surface area contributed by atoms with Crippen LogP contribution in [0.25, 0.3) is 10.1 Å². The monoisotopic (exact) mass is 277 g/mol. The van der Waals surface area contributed by atoms with E-state index >= 15 is 0 Å². The van der Waals surface area contributed by atoms with Crippen LogP contribution in [0.2, 0.25) is 0 Å². The molecule has 100 valence electrons. The Morgan fingerprint density at radius 3 is 2.84 bits per heavy atom. The van der Waals surface area contributed by atoms with E-state index in [1.165, 1.54) is 11.3 Å². The molecule has 0 aliphatic rings. The fourth-order valence-corrected chi connectivity index (χ4v) is 2.63. The molecule has 1 aromatic carbocycles. The van der Waals surface area contributed by atoms with Gasteiger partial charge in [-0.25, -0.2) is 0 Å². The van der Waals surface area contributed by atoms with E-state index in [1.807, 2.05) is 24.3 Å². The van der Waals surface area contributed by atoms with Crippen LogP contribution in [0.5, 0.6) is 0 Å². The first-order valence-electron chi connectivity index (χ1n) is 5.88. The number of nitrogens with two attached hydrogens (primary N) is 1. The molecule has 0 spiro atoms. The van der Waals surface area contributed by atoms with E-state index in [0.29, 0.717) is 17.1 Å². The summed E-state index contributed by atoms with van der Waals surface area (Å²) < 4.78 is 1.02. The summed E-state index contributed by atoms with van der Waals surface area (Å²) >= 11 is 1.41. The third-order valence-electron chi connectivity index (χ3n) is 2.68. The molecule has 0 aliphatic heterocycles. The van der Waals surface area contributed by atoms with Crippen LogP contribution in [0, 0.1) is 0 Å². The van der Waals surface area contributed by atoms with Crippen molar-refractivity contribution < 1.29 is 9.59 Å². The third kappa shape index (κ3) is 3.23. The average molecular weight is 277 g/mol. The van der Waals surface area contributed by atoms with Gasteiger partial charge in [-0.2, -0.15) is 0 Å². The van der Waals surface area contributed by atoms with Gasteiger partial charge < -0.3 is 16.4 Å². The number of carbonyl (C=O) groups is 2. The highest BCUT2D eigenvalue weighted by Crippen LogP contribution is 2.27. The maximum Gasteiger partial charge on any atom is 0.261 e. The largest absolute Gasteiger partial charge is 0.399 e. The molecule has 2 aromatic rings. The molecular formula is C13H15N3O2S. The van der Waals surface area contributed by atoms with Crippen LogP contribution in [-0.4, -0.2) is 25.4 Å². The van der Waals surface area contributed by atoms with Crippen LogP contribution in [0.15, 0.2) is 24.3 Å². The van der Waals surface area contributed by atoms with Gasteiger partial charge in [0.1, 0.15) is 0 Å². The lowest BCUT2D eigenvalue weighted by atomic mass is 10.2. The summed E-state index contributed by atoms with van der Waals surface area (Å²) in [6.07, 6.45) is 0.278. The molecule has 6 heteroatoms. The first-order valence-corrected chi connectivity index (χ1v) is 6.69. The maximum absolute atomic E-state index is 11.9. The van der Waals surface area contributed by atoms with Crippen molar-refractivity contribution in [1.29, 1.82) is 0 Å². The number of thiophene rings is 1. The summed E-state index contributed by atoms with van der Waals surface area (Å²) in [6, 6.07) is 7.36. The molecule has 19 heavy (non-hydrogen) atoms. The smallest absolute Gasteiger partial charge is 0.261 e. The van der Waals surface area contributed by atoms with Gasteiger partial charge in [-0.05, 0) is 29.7 Å². The zero-order valence-electron chi connectivity index (χ0n) is 10.5. The number of nitrogens with one attached hydrogen (secondary N) is 2. The molecule has 2 rings (SSSR count). The standard InChI is InChI=1S/C13H15N3O2S/c1-15-12(17)4-5-16-13(18)11-7-8-6-9(14)2-3-10(8)19-11/h2-3,6-7H,4-5,14H2,1H3,(H,15,17)(H,16,18). The zero-order valence-corrected chi connectivity index (χ0v) is 11.3. The summed E-state index contributed by atoms with van der Waals surface area (Å²) in [5.74, 6) is -0.256. The van der Waals surface area contributed by atoms with Gasteiger partial charge in [0.15, 0.2) is 0 Å². The molecule has 1 aromatic heterocycles. The molecule has 0 saturated heterocycles. The average Bonchev–Trinajstić information content (AvgIpc) is 2.81. The van der Waals surface area contributed by atoms with Crippen LogP contribution in [0.3, 0.4) is 0 Å². The van der Waals surface area contributed by atoms with Gasteiger partial charge in [0.05, 0.1) is 4.88 Å². The van der Waals surface area contributed by atoms with E-state index in [0.717, 1.165) is 10.1 Å². The van der Waals surface area contributed by atoms with Crippen molar-refractivity contribution in [2.75, 3.05) is 19.3 Å². The summed E-state index contributed by atoms with van der Waals surface area (Å²) in [4.78, 5) is 23.6. The third-order valence-corrected chi connectivity index (χ3v) is 3.80. The highest BCUT2D eigenvalue weighted by Gasteiger charge is 2.10. The molecule has 5 nitrogen and oxygen atoms in total. The Morgan fingerprint density at radius 2 is 2.11 bits per heavy atom. The summed E-state index contributed by atoms with van der Waals surface area (Å²) in [5.41, 5.74) is 6.38. The second kappa shape index (κ2) is 5.71. The molecule has 0 bridgehead atoms. The number of anilines is 1. The van der Waals surface area contributed by atoms with Crippen molar-refractivity contribution in [3.63, 3.8) is 0 Å². The SMILES string of the molecule is CNC(=O)CCNC(=O)c1cc2cc(N)ccc2s1. The maximum atomic E-state index is 11.9. The van der Waals surface area contributed by atoms with Crippen molar-refractivity contribution in [1.82, 2.24) is 10.6 Å². The fourth-order valence-electron chi connectivity index (χ4n) is 1.68. The summed E-state index contributed by atoms with van der Waals surface area (Å²) in [7, 11) is 1.57. The van der Waals surface area contributed by atoms with Gasteiger partial charge in [0, 0.05) is 30.4 Å². The number of amides is 2. The highest BCUT2D eigenvalue weighted by molar-refractivity contribution is 7.20. The van der Waals surface area contributed by atoms with Crippen LogP contribution >= 0.6 is 11.3 Å². The van der Waals surface area contributed by atoms with Crippen LogP contribution in [-0.2, 0) is 4.79 Å². The van der Waals surface area contributed by atoms with E-state index in [9.17, 15) is 9.59 Å². The topological polar surface area (TPSA) is 84.2 Å². The second-order valence-electron chi connectivity index (χ2n) is 4.09. The normalized spacial score (nSPS) is 10.4. The molecule has 0 saturated carbocycles. The minimum atomic E-state index is -0.163. The molecule has 1 heterocycles. The minimum absolute atomic E-state index is 0.0931. The Labute approximate surface area is 114 Å². The van der Waals surface area contributed by atoms with Crippen molar-refractivity contribution in [3.8, 4) is 0 Å². The molecule has 0 aliphatic carbocycles. The highest BCUT2D eigenvalue weighted by atomic mass is 32.1. The summed E-state index contributed by atoms with van der Waals surface area (Å²) in [6.45, 7) is 0.328. The Balaban J connectivity index is 2.03. The fraction of sp³-hybridized carbons (Fsp3) is 0.231. The van der Waals surface area contributed by atoms with Crippen molar-refractivity contribution in [2.45, 2.75) is 6.42 Å². The number of nitrogen functional groups attached to an aromatic ring is 1. The first-order chi connectivity index (χ1) is 9.10. The number of fused-ring (bicyclic) bond motifs is 1. The van der Waals surface area contributed by atoms with Gasteiger partial charge in [-0.1, -0.05) is 0 Å². The predicted molar refractivity (Wildman–Crippen MR) is 77.3 cm³/mol. The number of hydrogen-bond acceptors (Lipinski definition) is 4. The summed E-state index contributed by atoms with van der Waals surface area (Å²) in [5, 5.41) is 6.18. The van der Waals surface area contributed by atoms with Crippen molar-refractivity contribution in [3.05, 3.63) is 29.1 Å². The Kier molecular flexibility index (Phi) is 4.01. The lowest BCUT2D eigenvalue weighted by Gasteiger charge is -2.02. The minimum Gasteiger partial charge on any atom is -0.399 e. The number of hydrogen-bond donors (Lipinski definition) is 3. The van der Waals surface area contributed by atoms with E-state index in [2.05, 4.69) is 10.6 Å². The van der Waals surface area contributed by atoms with E-state index in [4.69, 9.17) is 5.73 Å². The first kappa shape index (κ1) is 13.4. The van der Waals surface area contributed by atoms with E-state index in [1.54, 1.807) is 7.05 Å². The van der Waals surface area contributed by atoms with E-state index < -0.39 is 0 Å². The van der Waals surface area contributed by atoms with Crippen molar-refractivity contribution >= 4 is 38.9 Å². The van der Waals surface area contributed by atoms with E-state index in [-0.39, 0.29) is 18.2 Å². The number of rotatable bonds is 4. The zero-order chi connectivity index (χ0) is 13.8. The van der Waals surface area contributed by atoms with Crippen molar-refractivity contribution in [2.24, 2.45) is 0 Å². The molecule has 0 atom stereocenters. The van der Waals surface area contributed by atoms with Crippen LogP contribution < -0.4 is 16.4 Å². The molecule has 0 radical (unpaired) electrons. The molecule has 0 unspecified atom stereocenters. The Bertz CT molecular complexity index is 621. The molecule has 4 N–H and O–H groups in total. The van der Waals surface area contributed by atoms with Gasteiger partial charge in [-0.15, -0.1) is 11.3 Å². The Hall–Kier alpha value is -2.08. The lowest BCUT2D eigenvalue weighted by Crippen LogP contribution is -2.28. The molecule has 0 fully saturated rings. The Morgan fingerprint density at radius 1 is 1.32 bits per heavy atom. The number of carbonyl (C=O) groups excluding carboxylic acids is 2. The second-order valence-corrected chi connectivity index (χ2v) is 5.17. The van der Waals surface area contributed by atoms with Crippen LogP contribution in [0.1, 0.15) is 16.1 Å². The molecule has 2 amide bonds. The van der Waals surface area contributed by atoms with Gasteiger partial charge >= 0.3 is 0 Å². The van der Waals surface area contributed by atoms with Gasteiger partial charge in [0.25, 0.3) is 5.91 Å². The predicted octanol–water partition coefficient (Wildman–Crippen LogP) is 1.35.